The van der Waals surface area contributed by atoms with Crippen molar-refractivity contribution >= 4 is 31.5 Å². The summed E-state index contributed by atoms with van der Waals surface area (Å²) in [4.78, 5) is 0. The molecule has 1 N–H and O–H groups in total. The molecule has 0 aliphatic heterocycles. The maximum Gasteiger partial charge on any atom is 0.226 e. The number of alkyl halides is 1. The largest absolute Gasteiger partial charge is 0.383 e. The lowest BCUT2D eigenvalue weighted by atomic mass is 10.5. The predicted molar refractivity (Wildman–Crippen MR) is 58.2 cm³/mol. The molecule has 0 spiro atoms. The highest BCUT2D eigenvalue weighted by atomic mass is 35.5. The average molecular weight is 280 g/mol. The van der Waals surface area contributed by atoms with Crippen LogP contribution in [-0.2, 0) is 24.6 Å². The lowest BCUT2D eigenvalue weighted by Gasteiger charge is -2.09. The maximum absolute atomic E-state index is 11.2. The number of rotatable bonds is 7. The third-order valence-corrected chi connectivity index (χ3v) is 5.08. The molecule has 0 aliphatic carbocycles. The van der Waals surface area contributed by atoms with E-state index in [2.05, 4.69) is 9.46 Å². The topological polar surface area (TPSA) is 89.5 Å². The molecule has 0 fully saturated rings. The monoisotopic (exact) mass is 279 g/mol. The predicted octanol–water partition coefficient (Wildman–Crippen LogP) is -0.838. The molecule has 0 rings (SSSR count). The van der Waals surface area contributed by atoms with Gasteiger partial charge in [0.1, 0.15) is 0 Å². The van der Waals surface area contributed by atoms with Crippen LogP contribution >= 0.6 is 11.6 Å². The maximum atomic E-state index is 11.2. The minimum Gasteiger partial charge on any atom is -0.383 e. The first-order valence-corrected chi connectivity index (χ1v) is 8.09. The Balaban J connectivity index is 4.18. The van der Waals surface area contributed by atoms with Crippen molar-refractivity contribution in [2.24, 2.45) is 0 Å². The number of sulfone groups is 1. The first-order chi connectivity index (χ1) is 6.66. The van der Waals surface area contributed by atoms with Gasteiger partial charge >= 0.3 is 0 Å². The van der Waals surface area contributed by atoms with E-state index >= 15 is 0 Å². The average Bonchev–Trinajstić information content (AvgIpc) is 1.97. The smallest absolute Gasteiger partial charge is 0.226 e. The van der Waals surface area contributed by atoms with Crippen LogP contribution in [0.3, 0.4) is 0 Å². The SMILES string of the molecule is COCC(Cl)CNS(=O)(=O)CS(C)(=O)=O. The van der Waals surface area contributed by atoms with Gasteiger partial charge in [-0.05, 0) is 0 Å². The molecule has 0 saturated carbocycles. The summed E-state index contributed by atoms with van der Waals surface area (Å²) < 4.78 is 50.6. The van der Waals surface area contributed by atoms with Gasteiger partial charge in [-0.25, -0.2) is 21.6 Å². The summed E-state index contributed by atoms with van der Waals surface area (Å²) in [6.07, 6.45) is 0.847. The Kier molecular flexibility index (Phi) is 6.04. The van der Waals surface area contributed by atoms with Crippen molar-refractivity contribution in [2.45, 2.75) is 5.38 Å². The summed E-state index contributed by atoms with van der Waals surface area (Å²) in [7, 11) is -5.97. The molecule has 0 heterocycles. The van der Waals surface area contributed by atoms with E-state index in [9.17, 15) is 16.8 Å². The van der Waals surface area contributed by atoms with Crippen molar-refractivity contribution in [3.8, 4) is 0 Å². The first kappa shape index (κ1) is 15.1. The fourth-order valence-electron chi connectivity index (χ4n) is 0.781. The van der Waals surface area contributed by atoms with Crippen LogP contribution in [-0.4, -0.2) is 53.8 Å². The van der Waals surface area contributed by atoms with Crippen LogP contribution in [0.1, 0.15) is 0 Å². The molecular formula is C6H14ClNO5S2. The number of sulfonamides is 1. The van der Waals surface area contributed by atoms with E-state index < -0.39 is 30.3 Å². The molecule has 0 aromatic carbocycles. The van der Waals surface area contributed by atoms with E-state index in [1.807, 2.05) is 0 Å². The summed E-state index contributed by atoms with van der Waals surface area (Å²) >= 11 is 5.66. The van der Waals surface area contributed by atoms with Crippen LogP contribution in [0.2, 0.25) is 0 Å². The fourth-order valence-corrected chi connectivity index (χ4v) is 4.12. The normalized spacial score (nSPS) is 15.1. The molecule has 0 aromatic heterocycles. The standard InChI is InChI=1S/C6H14ClNO5S2/c1-13-4-6(7)3-8-15(11,12)5-14(2,9)10/h6,8H,3-5H2,1-2H3. The number of halogens is 1. The zero-order valence-corrected chi connectivity index (χ0v) is 10.8. The van der Waals surface area contributed by atoms with Crippen molar-refractivity contribution in [2.75, 3.05) is 31.6 Å². The van der Waals surface area contributed by atoms with Crippen LogP contribution in [0.5, 0.6) is 0 Å². The van der Waals surface area contributed by atoms with Gasteiger partial charge < -0.3 is 4.74 Å². The molecule has 1 unspecified atom stereocenters. The molecule has 0 bridgehead atoms. The van der Waals surface area contributed by atoms with Gasteiger partial charge in [-0.2, -0.15) is 0 Å². The van der Waals surface area contributed by atoms with Crippen LogP contribution in [0.25, 0.3) is 0 Å². The van der Waals surface area contributed by atoms with E-state index in [4.69, 9.17) is 11.6 Å². The highest BCUT2D eigenvalue weighted by Gasteiger charge is 2.18. The summed E-state index contributed by atoms with van der Waals surface area (Å²) in [5.74, 6) is 0. The number of hydrogen-bond donors (Lipinski definition) is 1. The molecule has 92 valence electrons. The fraction of sp³-hybridized carbons (Fsp3) is 1.00. The Bertz CT molecular complexity index is 376. The first-order valence-electron chi connectivity index (χ1n) is 3.94. The molecule has 15 heavy (non-hydrogen) atoms. The zero-order valence-electron chi connectivity index (χ0n) is 8.43. The second kappa shape index (κ2) is 6.00. The number of hydrogen-bond acceptors (Lipinski definition) is 5. The van der Waals surface area contributed by atoms with Crippen molar-refractivity contribution < 1.29 is 21.6 Å². The minimum atomic E-state index is -3.83. The van der Waals surface area contributed by atoms with E-state index in [-0.39, 0.29) is 13.2 Å². The molecule has 0 aromatic rings. The van der Waals surface area contributed by atoms with Crippen molar-refractivity contribution in [3.05, 3.63) is 0 Å². The van der Waals surface area contributed by atoms with E-state index in [1.165, 1.54) is 7.11 Å². The van der Waals surface area contributed by atoms with Crippen LogP contribution in [0.4, 0.5) is 0 Å². The van der Waals surface area contributed by atoms with Gasteiger partial charge in [0.05, 0.1) is 12.0 Å². The number of ether oxygens (including phenoxy) is 1. The van der Waals surface area contributed by atoms with Gasteiger partial charge in [-0.15, -0.1) is 11.6 Å². The van der Waals surface area contributed by atoms with Crippen molar-refractivity contribution in [3.63, 3.8) is 0 Å². The van der Waals surface area contributed by atoms with Gasteiger partial charge in [0.2, 0.25) is 10.0 Å². The summed E-state index contributed by atoms with van der Waals surface area (Å²) in [6.45, 7) is 0.121. The Hall–Kier alpha value is 0.110. The van der Waals surface area contributed by atoms with Gasteiger partial charge in [-0.3, -0.25) is 0 Å². The zero-order chi connectivity index (χ0) is 12.1. The van der Waals surface area contributed by atoms with Gasteiger partial charge in [-0.1, -0.05) is 0 Å². The summed E-state index contributed by atoms with van der Waals surface area (Å²) in [5, 5.41) is -1.46. The summed E-state index contributed by atoms with van der Waals surface area (Å²) in [6, 6.07) is 0. The van der Waals surface area contributed by atoms with E-state index in [0.717, 1.165) is 6.26 Å². The van der Waals surface area contributed by atoms with Crippen LogP contribution < -0.4 is 4.72 Å². The van der Waals surface area contributed by atoms with Crippen LogP contribution in [0, 0.1) is 0 Å². The number of nitrogens with one attached hydrogen (secondary N) is 1. The molecule has 6 nitrogen and oxygen atoms in total. The van der Waals surface area contributed by atoms with E-state index in [0.29, 0.717) is 0 Å². The van der Waals surface area contributed by atoms with Crippen molar-refractivity contribution in [1.29, 1.82) is 0 Å². The van der Waals surface area contributed by atoms with Crippen LogP contribution in [0.15, 0.2) is 0 Å². The van der Waals surface area contributed by atoms with E-state index in [1.54, 1.807) is 0 Å². The molecule has 0 radical (unpaired) electrons. The lowest BCUT2D eigenvalue weighted by molar-refractivity contribution is 0.198. The summed E-state index contributed by atoms with van der Waals surface area (Å²) in [5.41, 5.74) is 0. The quantitative estimate of drug-likeness (QED) is 0.614. The molecule has 0 saturated heterocycles. The Morgan fingerprint density at radius 2 is 1.87 bits per heavy atom. The minimum absolute atomic E-state index is 0.0623. The molecule has 0 amide bonds. The lowest BCUT2D eigenvalue weighted by Crippen LogP contribution is -2.35. The third kappa shape index (κ3) is 9.06. The van der Waals surface area contributed by atoms with Gasteiger partial charge in [0.15, 0.2) is 14.9 Å². The molecular weight excluding hydrogens is 266 g/mol. The van der Waals surface area contributed by atoms with Gasteiger partial charge in [0, 0.05) is 19.9 Å². The Morgan fingerprint density at radius 1 is 1.33 bits per heavy atom. The highest BCUT2D eigenvalue weighted by molar-refractivity contribution is 8.06. The molecule has 9 heteroatoms. The molecule has 1 atom stereocenters. The van der Waals surface area contributed by atoms with Gasteiger partial charge in [0.25, 0.3) is 0 Å². The third-order valence-electron chi connectivity index (χ3n) is 1.24. The van der Waals surface area contributed by atoms with Crippen molar-refractivity contribution in [1.82, 2.24) is 4.72 Å². The Morgan fingerprint density at radius 3 is 2.27 bits per heavy atom. The number of methoxy groups -OCH3 is 1. The second-order valence-electron chi connectivity index (χ2n) is 3.06. The molecule has 0 aliphatic rings. The second-order valence-corrected chi connectivity index (χ2v) is 7.99. The Labute approximate surface area is 94.9 Å². The highest BCUT2D eigenvalue weighted by Crippen LogP contribution is 1.97.